The van der Waals surface area contributed by atoms with Crippen molar-refractivity contribution < 1.29 is 27.5 Å². The summed E-state index contributed by atoms with van der Waals surface area (Å²) in [6.07, 6.45) is -0.223. The number of amides is 2. The molecule has 0 aliphatic carbocycles. The molecule has 148 valence electrons. The maximum absolute atomic E-state index is 12.0. The Hall–Kier alpha value is -3.04. The van der Waals surface area contributed by atoms with Gasteiger partial charge in [-0.2, -0.15) is 0 Å². The van der Waals surface area contributed by atoms with Crippen molar-refractivity contribution >= 4 is 27.8 Å². The lowest BCUT2D eigenvalue weighted by atomic mass is 10.1. The van der Waals surface area contributed by atoms with Gasteiger partial charge in [0, 0.05) is 6.54 Å². The molecule has 0 bridgehead atoms. The van der Waals surface area contributed by atoms with E-state index in [0.29, 0.717) is 0 Å². The predicted octanol–water partition coefficient (Wildman–Crippen LogP) is 0.784. The van der Waals surface area contributed by atoms with Gasteiger partial charge in [-0.05, 0) is 17.7 Å². The van der Waals surface area contributed by atoms with Crippen LogP contribution >= 0.6 is 0 Å². The molecule has 0 saturated heterocycles. The number of rotatable bonds is 9. The average Bonchev–Trinajstić information content (AvgIpc) is 2.67. The van der Waals surface area contributed by atoms with Gasteiger partial charge in [-0.1, -0.05) is 48.5 Å². The number of esters is 1. The summed E-state index contributed by atoms with van der Waals surface area (Å²) in [5.74, 6) is -2.02. The van der Waals surface area contributed by atoms with Gasteiger partial charge in [0.05, 0.1) is 17.7 Å². The second-order valence-electron chi connectivity index (χ2n) is 5.76. The molecule has 2 aromatic rings. The monoisotopic (exact) mass is 404 g/mol. The van der Waals surface area contributed by atoms with Crippen molar-refractivity contribution in [2.24, 2.45) is 0 Å². The van der Waals surface area contributed by atoms with Crippen LogP contribution in [0.25, 0.3) is 0 Å². The molecular formula is C19H20N2O6S. The number of nitrogens with one attached hydrogen (secondary N) is 2. The van der Waals surface area contributed by atoms with E-state index >= 15 is 0 Å². The van der Waals surface area contributed by atoms with Crippen molar-refractivity contribution in [2.45, 2.75) is 17.7 Å². The van der Waals surface area contributed by atoms with Gasteiger partial charge in [-0.25, -0.2) is 13.1 Å². The van der Waals surface area contributed by atoms with Gasteiger partial charge in [0.1, 0.15) is 0 Å². The number of hydrogen-bond donors (Lipinski definition) is 2. The molecule has 0 fully saturated rings. The molecule has 0 aliphatic rings. The quantitative estimate of drug-likeness (QED) is 0.597. The number of benzene rings is 2. The molecular weight excluding hydrogens is 384 g/mol. The number of hydrogen-bond acceptors (Lipinski definition) is 6. The number of ether oxygens (including phenoxy) is 1. The SMILES string of the molecule is O=C(COC(=O)CCNS(=O)(=O)c1ccccc1)NC(=O)Cc1ccccc1. The Morgan fingerprint density at radius 1 is 0.857 bits per heavy atom. The lowest BCUT2D eigenvalue weighted by Gasteiger charge is -2.07. The average molecular weight is 404 g/mol. The highest BCUT2D eigenvalue weighted by Crippen LogP contribution is 2.06. The molecule has 9 heteroatoms. The molecule has 0 spiro atoms. The van der Waals surface area contributed by atoms with Crippen molar-refractivity contribution in [2.75, 3.05) is 13.2 Å². The van der Waals surface area contributed by atoms with Crippen molar-refractivity contribution in [3.8, 4) is 0 Å². The second kappa shape index (κ2) is 10.3. The van der Waals surface area contributed by atoms with Crippen LogP contribution in [0, 0.1) is 0 Å². The zero-order valence-electron chi connectivity index (χ0n) is 15.0. The van der Waals surface area contributed by atoms with E-state index in [2.05, 4.69) is 10.0 Å². The number of carbonyl (C=O) groups is 3. The highest BCUT2D eigenvalue weighted by Gasteiger charge is 2.15. The van der Waals surface area contributed by atoms with E-state index in [1.807, 2.05) is 6.07 Å². The van der Waals surface area contributed by atoms with Crippen molar-refractivity contribution in [1.29, 1.82) is 0 Å². The van der Waals surface area contributed by atoms with Gasteiger partial charge in [-0.15, -0.1) is 0 Å². The first-order valence-electron chi connectivity index (χ1n) is 8.44. The number of sulfonamides is 1. The van der Waals surface area contributed by atoms with Crippen LogP contribution in [0.15, 0.2) is 65.6 Å². The Labute approximate surface area is 163 Å². The Morgan fingerprint density at radius 2 is 1.46 bits per heavy atom. The van der Waals surface area contributed by atoms with Crippen LogP contribution in [0.1, 0.15) is 12.0 Å². The van der Waals surface area contributed by atoms with Crippen LogP contribution in [0.2, 0.25) is 0 Å². The molecule has 0 aliphatic heterocycles. The fourth-order valence-electron chi connectivity index (χ4n) is 2.21. The molecule has 0 heterocycles. The van der Waals surface area contributed by atoms with E-state index < -0.39 is 34.4 Å². The van der Waals surface area contributed by atoms with Crippen LogP contribution in [0.5, 0.6) is 0 Å². The minimum atomic E-state index is -3.71. The summed E-state index contributed by atoms with van der Waals surface area (Å²) in [5, 5.41) is 2.12. The van der Waals surface area contributed by atoms with Gasteiger partial charge in [-0.3, -0.25) is 19.7 Å². The van der Waals surface area contributed by atoms with Crippen molar-refractivity contribution in [3.63, 3.8) is 0 Å². The van der Waals surface area contributed by atoms with Crippen LogP contribution in [0.4, 0.5) is 0 Å². The lowest BCUT2D eigenvalue weighted by molar-refractivity contribution is -0.149. The van der Waals surface area contributed by atoms with E-state index in [9.17, 15) is 22.8 Å². The number of carbonyl (C=O) groups excluding carboxylic acids is 3. The fraction of sp³-hybridized carbons (Fsp3) is 0.211. The Morgan fingerprint density at radius 3 is 2.11 bits per heavy atom. The molecule has 2 rings (SSSR count). The minimum Gasteiger partial charge on any atom is -0.456 e. The predicted molar refractivity (Wildman–Crippen MR) is 101 cm³/mol. The standard InChI is InChI=1S/C19H20N2O6S/c22-17(13-15-7-3-1-4-8-15)21-18(23)14-27-19(24)11-12-20-28(25,26)16-9-5-2-6-10-16/h1-10,20H,11-14H2,(H,21,22,23). The summed E-state index contributed by atoms with van der Waals surface area (Å²) in [7, 11) is -3.71. The summed E-state index contributed by atoms with van der Waals surface area (Å²) in [6, 6.07) is 16.6. The van der Waals surface area contributed by atoms with Gasteiger partial charge in [0.2, 0.25) is 15.9 Å². The third-order valence-electron chi connectivity index (χ3n) is 3.53. The van der Waals surface area contributed by atoms with Crippen LogP contribution in [-0.4, -0.2) is 39.4 Å². The normalized spacial score (nSPS) is 10.9. The highest BCUT2D eigenvalue weighted by molar-refractivity contribution is 7.89. The zero-order chi connectivity index (χ0) is 20.4. The van der Waals surface area contributed by atoms with E-state index in [1.165, 1.54) is 12.1 Å². The summed E-state index contributed by atoms with van der Waals surface area (Å²) < 4.78 is 31.0. The molecule has 2 N–H and O–H groups in total. The third-order valence-corrected chi connectivity index (χ3v) is 5.00. The molecule has 0 atom stereocenters. The maximum atomic E-state index is 12.0. The smallest absolute Gasteiger partial charge is 0.307 e. The van der Waals surface area contributed by atoms with Crippen LogP contribution in [0.3, 0.4) is 0 Å². The highest BCUT2D eigenvalue weighted by atomic mass is 32.2. The van der Waals surface area contributed by atoms with E-state index in [0.717, 1.165) is 5.56 Å². The summed E-state index contributed by atoms with van der Waals surface area (Å²) in [6.45, 7) is -0.796. The van der Waals surface area contributed by atoms with Gasteiger partial charge in [0.25, 0.3) is 5.91 Å². The number of imide groups is 1. The molecule has 0 saturated carbocycles. The molecule has 2 amide bonds. The van der Waals surface area contributed by atoms with E-state index in [4.69, 9.17) is 4.74 Å². The van der Waals surface area contributed by atoms with Crippen LogP contribution < -0.4 is 10.0 Å². The van der Waals surface area contributed by atoms with E-state index in [-0.39, 0.29) is 24.3 Å². The largest absolute Gasteiger partial charge is 0.456 e. The molecule has 0 radical (unpaired) electrons. The Bertz CT molecular complexity index is 914. The summed E-state index contributed by atoms with van der Waals surface area (Å²) in [5.41, 5.74) is 0.746. The zero-order valence-corrected chi connectivity index (χ0v) is 15.8. The fourth-order valence-corrected chi connectivity index (χ4v) is 3.26. The van der Waals surface area contributed by atoms with Crippen LogP contribution in [-0.2, 0) is 35.6 Å². The molecule has 8 nitrogen and oxygen atoms in total. The van der Waals surface area contributed by atoms with E-state index in [1.54, 1.807) is 42.5 Å². The summed E-state index contributed by atoms with van der Waals surface area (Å²) >= 11 is 0. The van der Waals surface area contributed by atoms with Gasteiger partial charge in [0.15, 0.2) is 6.61 Å². The minimum absolute atomic E-state index is 0.0296. The molecule has 0 aromatic heterocycles. The van der Waals surface area contributed by atoms with Gasteiger partial charge < -0.3 is 4.74 Å². The molecule has 28 heavy (non-hydrogen) atoms. The third kappa shape index (κ3) is 7.29. The topological polar surface area (TPSA) is 119 Å². The first-order chi connectivity index (χ1) is 13.4. The van der Waals surface area contributed by atoms with Crippen molar-refractivity contribution in [1.82, 2.24) is 10.0 Å². The summed E-state index contributed by atoms with van der Waals surface area (Å²) in [4.78, 5) is 35.1. The first-order valence-corrected chi connectivity index (χ1v) is 9.92. The molecule has 2 aromatic carbocycles. The maximum Gasteiger partial charge on any atom is 0.307 e. The second-order valence-corrected chi connectivity index (χ2v) is 7.52. The first kappa shape index (κ1) is 21.3. The lowest BCUT2D eigenvalue weighted by Crippen LogP contribution is -2.35. The molecule has 0 unspecified atom stereocenters. The Balaban J connectivity index is 1.66. The Kier molecular flexibility index (Phi) is 7.85. The van der Waals surface area contributed by atoms with Gasteiger partial charge >= 0.3 is 5.97 Å². The van der Waals surface area contributed by atoms with Crippen molar-refractivity contribution in [3.05, 3.63) is 66.2 Å².